The molecule has 1 N–H and O–H groups in total. The Morgan fingerprint density at radius 1 is 0.958 bits per heavy atom. The second-order valence-corrected chi connectivity index (χ2v) is 5.17. The fourth-order valence-corrected chi connectivity index (χ4v) is 2.25. The molecule has 24 heavy (non-hydrogen) atoms. The standard InChI is InChI=1S/C17H14FN.C2H6O.C2H6/c1-11-3-5-13(6-4-11)17-12(2)9-14-7-8-15(18)10-16(14)19-17;1-2-3;1-2/h3-10H,1-2H3;3H,2H2,1H3;1-2H3. The molecule has 3 aromatic rings. The molecule has 2 nitrogen and oxygen atoms in total. The van der Waals surface area contributed by atoms with E-state index in [0.29, 0.717) is 5.52 Å². The molecule has 3 heteroatoms. The number of aromatic nitrogens is 1. The van der Waals surface area contributed by atoms with Crippen molar-refractivity contribution in [1.29, 1.82) is 0 Å². The molecule has 0 spiro atoms. The molecular weight excluding hydrogens is 301 g/mol. The number of benzene rings is 2. The van der Waals surface area contributed by atoms with Crippen LogP contribution in [0.25, 0.3) is 22.2 Å². The Bertz CT molecular complexity index is 767. The zero-order valence-corrected chi connectivity index (χ0v) is 15.1. The first kappa shape index (κ1) is 19.8. The van der Waals surface area contributed by atoms with Crippen LogP contribution in [-0.4, -0.2) is 16.7 Å². The monoisotopic (exact) mass is 327 g/mol. The molecule has 0 radical (unpaired) electrons. The molecule has 0 amide bonds. The second-order valence-electron chi connectivity index (χ2n) is 5.17. The van der Waals surface area contributed by atoms with Crippen molar-refractivity contribution in [2.45, 2.75) is 34.6 Å². The van der Waals surface area contributed by atoms with E-state index in [1.807, 2.05) is 20.8 Å². The molecule has 0 bridgehead atoms. The van der Waals surface area contributed by atoms with Crippen LogP contribution in [0.4, 0.5) is 4.39 Å². The van der Waals surface area contributed by atoms with Crippen molar-refractivity contribution >= 4 is 10.9 Å². The van der Waals surface area contributed by atoms with Gasteiger partial charge in [-0.15, -0.1) is 0 Å². The maximum atomic E-state index is 13.3. The number of aryl methyl sites for hydroxylation is 2. The summed E-state index contributed by atoms with van der Waals surface area (Å²) in [5, 5.41) is 8.54. The highest BCUT2D eigenvalue weighted by Gasteiger charge is 2.06. The molecule has 3 rings (SSSR count). The number of nitrogens with zero attached hydrogens (tertiary/aromatic N) is 1. The molecule has 0 saturated heterocycles. The molecule has 1 aromatic heterocycles. The number of aliphatic hydroxyl groups is 1. The Kier molecular flexibility index (Phi) is 8.07. The molecule has 0 saturated carbocycles. The van der Waals surface area contributed by atoms with Gasteiger partial charge in [-0.05, 0) is 44.5 Å². The number of halogens is 1. The minimum atomic E-state index is -0.251. The lowest BCUT2D eigenvalue weighted by molar-refractivity contribution is 0.318. The molecular formula is C21H26FNO. The number of hydrogen-bond donors (Lipinski definition) is 1. The number of hydrogen-bond acceptors (Lipinski definition) is 2. The maximum Gasteiger partial charge on any atom is 0.125 e. The van der Waals surface area contributed by atoms with Crippen molar-refractivity contribution in [3.63, 3.8) is 0 Å². The lowest BCUT2D eigenvalue weighted by Crippen LogP contribution is -1.91. The van der Waals surface area contributed by atoms with Gasteiger partial charge >= 0.3 is 0 Å². The summed E-state index contributed by atoms with van der Waals surface area (Å²) in [6.45, 7) is 10.0. The summed E-state index contributed by atoms with van der Waals surface area (Å²) < 4.78 is 13.3. The fraction of sp³-hybridized carbons (Fsp3) is 0.286. The summed E-state index contributed by atoms with van der Waals surface area (Å²) in [4.78, 5) is 4.60. The Balaban J connectivity index is 0.000000521. The van der Waals surface area contributed by atoms with E-state index in [1.165, 1.54) is 17.7 Å². The van der Waals surface area contributed by atoms with E-state index in [1.54, 1.807) is 13.0 Å². The lowest BCUT2D eigenvalue weighted by atomic mass is 10.0. The van der Waals surface area contributed by atoms with Gasteiger partial charge in [0.2, 0.25) is 0 Å². The Morgan fingerprint density at radius 2 is 1.54 bits per heavy atom. The Morgan fingerprint density at radius 3 is 2.12 bits per heavy atom. The van der Waals surface area contributed by atoms with Gasteiger partial charge < -0.3 is 5.11 Å². The normalized spacial score (nSPS) is 9.62. The topological polar surface area (TPSA) is 33.1 Å². The molecule has 0 fully saturated rings. The zero-order chi connectivity index (χ0) is 18.1. The molecule has 0 aliphatic rings. The van der Waals surface area contributed by atoms with Crippen LogP contribution in [0.2, 0.25) is 0 Å². The molecule has 0 atom stereocenters. The largest absolute Gasteiger partial charge is 0.397 e. The van der Waals surface area contributed by atoms with Crippen LogP contribution >= 0.6 is 0 Å². The van der Waals surface area contributed by atoms with Crippen LogP contribution in [0.15, 0.2) is 48.5 Å². The SMILES string of the molecule is CC.CCO.Cc1ccc(-c2nc3cc(F)ccc3cc2C)cc1. The molecule has 2 aromatic carbocycles. The second kappa shape index (κ2) is 9.78. The molecule has 0 aliphatic carbocycles. The Labute approximate surface area is 144 Å². The van der Waals surface area contributed by atoms with E-state index in [9.17, 15) is 4.39 Å². The average Bonchev–Trinajstić information content (AvgIpc) is 2.58. The predicted octanol–water partition coefficient (Wildman–Crippen LogP) is 5.68. The third kappa shape index (κ3) is 5.14. The summed E-state index contributed by atoms with van der Waals surface area (Å²) >= 11 is 0. The Hall–Kier alpha value is -2.26. The highest BCUT2D eigenvalue weighted by Crippen LogP contribution is 2.25. The first-order valence-corrected chi connectivity index (χ1v) is 8.30. The van der Waals surface area contributed by atoms with Crippen LogP contribution in [0.5, 0.6) is 0 Å². The molecule has 0 unspecified atom stereocenters. The highest BCUT2D eigenvalue weighted by atomic mass is 19.1. The first-order valence-electron chi connectivity index (χ1n) is 8.30. The summed E-state index contributed by atoms with van der Waals surface area (Å²) in [6.07, 6.45) is 0. The van der Waals surface area contributed by atoms with Crippen molar-refractivity contribution in [2.24, 2.45) is 0 Å². The predicted molar refractivity (Wildman–Crippen MR) is 101 cm³/mol. The van der Waals surface area contributed by atoms with Gasteiger partial charge in [-0.2, -0.15) is 0 Å². The van der Waals surface area contributed by atoms with Gasteiger partial charge in [-0.25, -0.2) is 9.37 Å². The van der Waals surface area contributed by atoms with E-state index in [2.05, 4.69) is 42.2 Å². The van der Waals surface area contributed by atoms with E-state index >= 15 is 0 Å². The summed E-state index contributed by atoms with van der Waals surface area (Å²) in [7, 11) is 0. The van der Waals surface area contributed by atoms with E-state index in [0.717, 1.165) is 22.2 Å². The van der Waals surface area contributed by atoms with E-state index in [-0.39, 0.29) is 12.4 Å². The van der Waals surface area contributed by atoms with Crippen molar-refractivity contribution < 1.29 is 9.50 Å². The number of aliphatic hydroxyl groups excluding tert-OH is 1. The molecule has 1 heterocycles. The third-order valence-corrected chi connectivity index (χ3v) is 3.30. The van der Waals surface area contributed by atoms with E-state index < -0.39 is 0 Å². The van der Waals surface area contributed by atoms with Crippen molar-refractivity contribution in [2.75, 3.05) is 6.61 Å². The van der Waals surface area contributed by atoms with Crippen LogP contribution < -0.4 is 0 Å². The van der Waals surface area contributed by atoms with Crippen LogP contribution in [-0.2, 0) is 0 Å². The third-order valence-electron chi connectivity index (χ3n) is 3.30. The van der Waals surface area contributed by atoms with Gasteiger partial charge in [0.15, 0.2) is 0 Å². The van der Waals surface area contributed by atoms with E-state index in [4.69, 9.17) is 5.11 Å². The molecule has 0 aliphatic heterocycles. The van der Waals surface area contributed by atoms with Gasteiger partial charge in [-0.3, -0.25) is 0 Å². The van der Waals surface area contributed by atoms with Gasteiger partial charge in [0.25, 0.3) is 0 Å². The number of fused-ring (bicyclic) bond motifs is 1. The van der Waals surface area contributed by atoms with Crippen molar-refractivity contribution in [1.82, 2.24) is 4.98 Å². The highest BCUT2D eigenvalue weighted by molar-refractivity contribution is 5.83. The van der Waals surface area contributed by atoms with Crippen LogP contribution in [0.1, 0.15) is 31.9 Å². The van der Waals surface area contributed by atoms with Crippen molar-refractivity contribution in [3.8, 4) is 11.3 Å². The van der Waals surface area contributed by atoms with Gasteiger partial charge in [-0.1, -0.05) is 43.7 Å². The fourth-order valence-electron chi connectivity index (χ4n) is 2.25. The van der Waals surface area contributed by atoms with Crippen LogP contribution in [0, 0.1) is 19.7 Å². The summed E-state index contributed by atoms with van der Waals surface area (Å²) in [5.74, 6) is -0.251. The first-order chi connectivity index (χ1) is 11.5. The smallest absolute Gasteiger partial charge is 0.125 e. The van der Waals surface area contributed by atoms with Gasteiger partial charge in [0.05, 0.1) is 11.2 Å². The van der Waals surface area contributed by atoms with Crippen LogP contribution in [0.3, 0.4) is 0 Å². The lowest BCUT2D eigenvalue weighted by Gasteiger charge is -2.08. The van der Waals surface area contributed by atoms with Gasteiger partial charge in [0.1, 0.15) is 5.82 Å². The quantitative estimate of drug-likeness (QED) is 0.623. The minimum Gasteiger partial charge on any atom is -0.397 e. The number of pyridine rings is 1. The van der Waals surface area contributed by atoms with Gasteiger partial charge in [0, 0.05) is 23.6 Å². The maximum absolute atomic E-state index is 13.3. The van der Waals surface area contributed by atoms with Crippen molar-refractivity contribution in [3.05, 3.63) is 65.5 Å². The number of rotatable bonds is 1. The average molecular weight is 327 g/mol. The zero-order valence-electron chi connectivity index (χ0n) is 15.1. The summed E-state index contributed by atoms with van der Waals surface area (Å²) in [6, 6.07) is 15.0. The summed E-state index contributed by atoms with van der Waals surface area (Å²) in [5.41, 5.74) is 4.99. The molecule has 128 valence electrons. The minimum absolute atomic E-state index is 0.250.